The van der Waals surface area contributed by atoms with Gasteiger partial charge < -0.3 is 9.47 Å². The molecule has 0 bridgehead atoms. The molecule has 1 aromatic rings. The van der Waals surface area contributed by atoms with Crippen LogP contribution in [0.2, 0.25) is 0 Å². The van der Waals surface area contributed by atoms with Crippen LogP contribution in [0.25, 0.3) is 0 Å². The SMILES string of the molecule is O=C(c1cnn(C2CCOC3(CCOC3)C2)c1)C(F)(F)F. The van der Waals surface area contributed by atoms with Crippen molar-refractivity contribution in [2.45, 2.75) is 37.1 Å². The number of halogens is 3. The average Bonchev–Trinajstić information content (AvgIpc) is 3.07. The number of nitrogens with zero attached hydrogens (tertiary/aromatic N) is 2. The maximum absolute atomic E-state index is 12.4. The maximum atomic E-state index is 12.4. The molecule has 1 spiro atoms. The Morgan fingerprint density at radius 1 is 1.43 bits per heavy atom. The van der Waals surface area contributed by atoms with Crippen LogP contribution in [0, 0.1) is 0 Å². The Hall–Kier alpha value is -1.41. The first kappa shape index (κ1) is 14.5. The molecule has 2 unspecified atom stereocenters. The largest absolute Gasteiger partial charge is 0.454 e. The number of aromatic nitrogens is 2. The first-order valence-corrected chi connectivity index (χ1v) is 6.77. The molecule has 0 N–H and O–H groups in total. The van der Waals surface area contributed by atoms with E-state index in [1.54, 1.807) is 0 Å². The highest BCUT2D eigenvalue weighted by molar-refractivity contribution is 5.99. The summed E-state index contributed by atoms with van der Waals surface area (Å²) in [6.07, 6.45) is -0.654. The third-order valence-electron chi connectivity index (χ3n) is 4.03. The molecule has 116 valence electrons. The molecular weight excluding hydrogens is 289 g/mol. The smallest absolute Gasteiger partial charge is 0.378 e. The first-order valence-electron chi connectivity index (χ1n) is 6.77. The minimum atomic E-state index is -4.87. The van der Waals surface area contributed by atoms with Gasteiger partial charge in [0.2, 0.25) is 0 Å². The summed E-state index contributed by atoms with van der Waals surface area (Å²) in [5, 5.41) is 3.93. The lowest BCUT2D eigenvalue weighted by Gasteiger charge is -2.37. The van der Waals surface area contributed by atoms with E-state index in [4.69, 9.17) is 9.47 Å². The molecule has 2 aliphatic rings. The highest BCUT2D eigenvalue weighted by Gasteiger charge is 2.43. The van der Waals surface area contributed by atoms with E-state index < -0.39 is 17.5 Å². The molecule has 2 aliphatic heterocycles. The van der Waals surface area contributed by atoms with Crippen molar-refractivity contribution in [2.24, 2.45) is 0 Å². The Bertz CT molecular complexity index is 535. The lowest BCUT2D eigenvalue weighted by atomic mass is 9.90. The van der Waals surface area contributed by atoms with Crippen molar-refractivity contribution in [2.75, 3.05) is 19.8 Å². The molecule has 5 nitrogen and oxygen atoms in total. The lowest BCUT2D eigenvalue weighted by Crippen LogP contribution is -2.41. The molecule has 0 saturated carbocycles. The summed E-state index contributed by atoms with van der Waals surface area (Å²) < 4.78 is 49.8. The Labute approximate surface area is 119 Å². The number of ketones is 1. The number of rotatable bonds is 2. The van der Waals surface area contributed by atoms with E-state index in [0.29, 0.717) is 32.7 Å². The lowest BCUT2D eigenvalue weighted by molar-refractivity contribution is -0.0963. The van der Waals surface area contributed by atoms with Gasteiger partial charge in [0, 0.05) is 32.3 Å². The monoisotopic (exact) mass is 304 g/mol. The zero-order valence-electron chi connectivity index (χ0n) is 11.2. The van der Waals surface area contributed by atoms with Gasteiger partial charge in [-0.1, -0.05) is 0 Å². The molecule has 2 atom stereocenters. The zero-order valence-corrected chi connectivity index (χ0v) is 11.2. The van der Waals surface area contributed by atoms with Crippen LogP contribution in [0.1, 0.15) is 35.7 Å². The fourth-order valence-electron chi connectivity index (χ4n) is 2.91. The molecule has 0 radical (unpaired) electrons. The molecule has 3 heterocycles. The molecule has 0 aliphatic carbocycles. The van der Waals surface area contributed by atoms with Crippen molar-refractivity contribution in [3.05, 3.63) is 18.0 Å². The molecule has 1 aromatic heterocycles. The standard InChI is InChI=1S/C13H15F3N2O3/c14-13(15,16)11(19)9-6-17-18(7-9)10-1-3-21-12(5-10)2-4-20-8-12/h6-7,10H,1-5,8H2. The van der Waals surface area contributed by atoms with Crippen molar-refractivity contribution < 1.29 is 27.4 Å². The van der Waals surface area contributed by atoms with Crippen molar-refractivity contribution in [3.8, 4) is 0 Å². The van der Waals surface area contributed by atoms with Gasteiger partial charge in [0.05, 0.1) is 30.0 Å². The van der Waals surface area contributed by atoms with Crippen LogP contribution in [0.4, 0.5) is 13.2 Å². The Kier molecular flexibility index (Phi) is 3.53. The van der Waals surface area contributed by atoms with Gasteiger partial charge in [-0.2, -0.15) is 18.3 Å². The van der Waals surface area contributed by atoms with Crippen LogP contribution < -0.4 is 0 Å². The Morgan fingerprint density at radius 3 is 2.90 bits per heavy atom. The molecule has 2 fully saturated rings. The van der Waals surface area contributed by atoms with Crippen molar-refractivity contribution in [1.82, 2.24) is 9.78 Å². The minimum absolute atomic E-state index is 0.0739. The van der Waals surface area contributed by atoms with Gasteiger partial charge in [0.25, 0.3) is 5.78 Å². The predicted octanol–water partition coefficient (Wildman–Crippen LogP) is 2.14. The predicted molar refractivity (Wildman–Crippen MR) is 65.0 cm³/mol. The van der Waals surface area contributed by atoms with Gasteiger partial charge in [-0.15, -0.1) is 0 Å². The van der Waals surface area contributed by atoms with Gasteiger partial charge in [-0.05, 0) is 6.42 Å². The summed E-state index contributed by atoms with van der Waals surface area (Å²) >= 11 is 0. The van der Waals surface area contributed by atoms with Crippen molar-refractivity contribution in [3.63, 3.8) is 0 Å². The highest BCUT2D eigenvalue weighted by Crippen LogP contribution is 2.37. The first-order chi connectivity index (χ1) is 9.90. The summed E-state index contributed by atoms with van der Waals surface area (Å²) in [6, 6.07) is -0.0739. The van der Waals surface area contributed by atoms with Crippen LogP contribution >= 0.6 is 0 Å². The summed E-state index contributed by atoms with van der Waals surface area (Å²) in [5.74, 6) is -1.86. The molecule has 2 saturated heterocycles. The zero-order chi connectivity index (χ0) is 15.1. The van der Waals surface area contributed by atoms with Crippen molar-refractivity contribution >= 4 is 5.78 Å². The quantitative estimate of drug-likeness (QED) is 0.786. The number of carbonyl (C=O) groups excluding carboxylic acids is 1. The van der Waals surface area contributed by atoms with E-state index in [1.807, 2.05) is 0 Å². The fraction of sp³-hybridized carbons (Fsp3) is 0.692. The topological polar surface area (TPSA) is 53.4 Å². The van der Waals surface area contributed by atoms with E-state index in [0.717, 1.165) is 12.6 Å². The van der Waals surface area contributed by atoms with Gasteiger partial charge in [-0.3, -0.25) is 9.48 Å². The van der Waals surface area contributed by atoms with Crippen LogP contribution in [0.5, 0.6) is 0 Å². The van der Waals surface area contributed by atoms with Crippen LogP contribution in [-0.2, 0) is 9.47 Å². The number of carbonyl (C=O) groups is 1. The maximum Gasteiger partial charge on any atom is 0.454 e. The second kappa shape index (κ2) is 5.10. The Morgan fingerprint density at radius 2 is 2.24 bits per heavy atom. The summed E-state index contributed by atoms with van der Waals surface area (Å²) in [7, 11) is 0. The second-order valence-electron chi connectivity index (χ2n) is 5.52. The number of hydrogen-bond donors (Lipinski definition) is 0. The number of alkyl halides is 3. The average molecular weight is 304 g/mol. The normalized spacial score (nSPS) is 30.0. The Balaban J connectivity index is 1.75. The number of Topliss-reactive ketones (excluding diaryl/α,β-unsaturated/α-hetero) is 1. The van der Waals surface area contributed by atoms with E-state index in [2.05, 4.69) is 5.10 Å². The summed E-state index contributed by atoms with van der Waals surface area (Å²) in [6.45, 7) is 1.64. The van der Waals surface area contributed by atoms with E-state index in [9.17, 15) is 18.0 Å². The molecule has 0 aromatic carbocycles. The number of ether oxygens (including phenoxy) is 2. The van der Waals surface area contributed by atoms with Crippen LogP contribution in [0.3, 0.4) is 0 Å². The van der Waals surface area contributed by atoms with E-state index >= 15 is 0 Å². The molecule has 21 heavy (non-hydrogen) atoms. The van der Waals surface area contributed by atoms with E-state index in [-0.39, 0.29) is 11.6 Å². The van der Waals surface area contributed by atoms with Crippen LogP contribution in [0.15, 0.2) is 12.4 Å². The molecule has 8 heteroatoms. The third-order valence-corrected chi connectivity index (χ3v) is 4.03. The summed E-state index contributed by atoms with van der Waals surface area (Å²) in [4.78, 5) is 11.2. The fourth-order valence-corrected chi connectivity index (χ4v) is 2.91. The number of hydrogen-bond acceptors (Lipinski definition) is 4. The van der Waals surface area contributed by atoms with Gasteiger partial charge in [-0.25, -0.2) is 0 Å². The van der Waals surface area contributed by atoms with E-state index in [1.165, 1.54) is 10.9 Å². The van der Waals surface area contributed by atoms with Crippen LogP contribution in [-0.4, -0.2) is 47.2 Å². The molecular formula is C13H15F3N2O3. The highest BCUT2D eigenvalue weighted by atomic mass is 19.4. The van der Waals surface area contributed by atoms with Gasteiger partial charge in [0.15, 0.2) is 0 Å². The second-order valence-corrected chi connectivity index (χ2v) is 5.52. The van der Waals surface area contributed by atoms with Crippen molar-refractivity contribution in [1.29, 1.82) is 0 Å². The molecule has 0 amide bonds. The molecule has 3 rings (SSSR count). The minimum Gasteiger partial charge on any atom is -0.378 e. The summed E-state index contributed by atoms with van der Waals surface area (Å²) in [5.41, 5.74) is -0.783. The van der Waals surface area contributed by atoms with Gasteiger partial charge >= 0.3 is 6.18 Å². The van der Waals surface area contributed by atoms with Gasteiger partial charge in [0.1, 0.15) is 0 Å². The third kappa shape index (κ3) is 2.82.